The van der Waals surface area contributed by atoms with Gasteiger partial charge in [-0.1, -0.05) is 74.7 Å². The topological polar surface area (TPSA) is 189 Å². The van der Waals surface area contributed by atoms with Gasteiger partial charge in [-0.2, -0.15) is 0 Å². The lowest BCUT2D eigenvalue weighted by atomic mass is 9.80. The number of ether oxygens (including phenoxy) is 1. The molecule has 1 heterocycles. The Hall–Kier alpha value is -3.38. The number of hydrogen-bond donors (Lipinski definition) is 5. The predicted octanol–water partition coefficient (Wildman–Crippen LogP) is 2.07. The van der Waals surface area contributed by atoms with E-state index in [1.54, 1.807) is 6.92 Å². The van der Waals surface area contributed by atoms with E-state index in [2.05, 4.69) is 21.3 Å². The maximum absolute atomic E-state index is 14.2. The van der Waals surface area contributed by atoms with Gasteiger partial charge in [0, 0.05) is 13.1 Å². The number of piperidine rings is 1. The summed E-state index contributed by atoms with van der Waals surface area (Å²) >= 11 is 0. The van der Waals surface area contributed by atoms with Crippen molar-refractivity contribution in [3.05, 3.63) is 0 Å². The molecule has 0 spiro atoms. The van der Waals surface area contributed by atoms with Gasteiger partial charge in [-0.3, -0.25) is 19.2 Å². The number of nitrogens with two attached hydrogens (primary N) is 1. The highest BCUT2D eigenvalue weighted by atomic mass is 16.5. The summed E-state index contributed by atoms with van der Waals surface area (Å²) in [5.41, 5.74) is 3.91. The van der Waals surface area contributed by atoms with Crippen molar-refractivity contribution < 1.29 is 33.5 Å². The number of nitrogens with one attached hydrogen (secondary N) is 4. The third-order valence-electron chi connectivity index (χ3n) is 9.87. The molecule has 0 radical (unpaired) electrons. The number of amides is 6. The maximum atomic E-state index is 14.2. The van der Waals surface area contributed by atoms with Crippen LogP contribution in [-0.4, -0.2) is 84.4 Å². The molecule has 3 fully saturated rings. The molecule has 0 aromatic rings. The fraction of sp³-hybridized carbons (Fsp3) is 0.812. The molecule has 1 saturated heterocycles. The second-order valence-electron chi connectivity index (χ2n) is 15.7. The first-order valence-corrected chi connectivity index (χ1v) is 16.1. The van der Waals surface area contributed by atoms with Crippen LogP contribution in [-0.2, 0) is 23.9 Å². The molecule has 0 aromatic heterocycles. The van der Waals surface area contributed by atoms with Gasteiger partial charge in [-0.05, 0) is 47.3 Å². The standard InChI is InChI=1S/C32H54N6O7/c1-10-34-29(44)45-16-20(30(2,3)4)36-28(43)37-24(31(5,6)7)27(42)38-15-18-21(32(18,8)9)22(38)26(41)35-19(23(39)25(33)40)14-17-12-11-13-17/h17-22,24H,10-16H2,1-9H3,(H2,33,40)(H,34,44)(H,35,41)(H2,36,37,43)/t18-,19?,20+,21-,22-,24+/m0/s1. The zero-order chi connectivity index (χ0) is 34.1. The molecule has 6 N–H and O–H groups in total. The molecule has 254 valence electrons. The van der Waals surface area contributed by atoms with Crippen LogP contribution < -0.4 is 27.0 Å². The number of carbonyl (C=O) groups is 6. The molecule has 2 aliphatic carbocycles. The first-order valence-electron chi connectivity index (χ1n) is 16.1. The van der Waals surface area contributed by atoms with Crippen LogP contribution in [0.1, 0.15) is 88.0 Å². The average molecular weight is 635 g/mol. The Morgan fingerprint density at radius 2 is 1.58 bits per heavy atom. The summed E-state index contributed by atoms with van der Waals surface area (Å²) in [7, 11) is 0. The van der Waals surface area contributed by atoms with Crippen molar-refractivity contribution >= 4 is 35.6 Å². The summed E-state index contributed by atoms with van der Waals surface area (Å²) in [5.74, 6) is -2.69. The monoisotopic (exact) mass is 634 g/mol. The van der Waals surface area contributed by atoms with Crippen LogP contribution in [0.25, 0.3) is 0 Å². The lowest BCUT2D eigenvalue weighted by Gasteiger charge is -2.38. The number of fused-ring (bicyclic) bond motifs is 1. The number of urea groups is 1. The highest BCUT2D eigenvalue weighted by Crippen LogP contribution is 2.65. The van der Waals surface area contributed by atoms with Crippen LogP contribution in [0.4, 0.5) is 9.59 Å². The summed E-state index contributed by atoms with van der Waals surface area (Å²) in [6, 6.07) is -4.09. The number of hydrogen-bond acceptors (Lipinski definition) is 7. The van der Waals surface area contributed by atoms with Gasteiger partial charge in [0.25, 0.3) is 5.91 Å². The van der Waals surface area contributed by atoms with Crippen molar-refractivity contribution in [2.75, 3.05) is 19.7 Å². The Labute approximate surface area is 266 Å². The number of rotatable bonds is 12. The van der Waals surface area contributed by atoms with Gasteiger partial charge in [-0.15, -0.1) is 0 Å². The van der Waals surface area contributed by atoms with Crippen LogP contribution in [0.15, 0.2) is 0 Å². The molecule has 1 aliphatic heterocycles. The van der Waals surface area contributed by atoms with Gasteiger partial charge >= 0.3 is 12.1 Å². The van der Waals surface area contributed by atoms with Crippen molar-refractivity contribution in [2.45, 2.75) is 112 Å². The van der Waals surface area contributed by atoms with E-state index < -0.39 is 70.6 Å². The van der Waals surface area contributed by atoms with E-state index in [1.807, 2.05) is 55.4 Å². The summed E-state index contributed by atoms with van der Waals surface area (Å²) in [6.45, 7) is 17.7. The van der Waals surface area contributed by atoms with Crippen molar-refractivity contribution in [1.82, 2.24) is 26.2 Å². The Morgan fingerprint density at radius 3 is 2.07 bits per heavy atom. The lowest BCUT2D eigenvalue weighted by molar-refractivity contribution is -0.145. The van der Waals surface area contributed by atoms with E-state index in [1.165, 1.54) is 4.90 Å². The predicted molar refractivity (Wildman–Crippen MR) is 168 cm³/mol. The smallest absolute Gasteiger partial charge is 0.407 e. The number of alkyl carbamates (subject to hydrolysis) is 1. The Balaban J connectivity index is 1.79. The van der Waals surface area contributed by atoms with Crippen LogP contribution in [0.5, 0.6) is 0 Å². The summed E-state index contributed by atoms with van der Waals surface area (Å²) in [6.07, 6.45) is 2.60. The van der Waals surface area contributed by atoms with Crippen molar-refractivity contribution in [3.63, 3.8) is 0 Å². The minimum absolute atomic E-state index is 0.0697. The highest BCUT2D eigenvalue weighted by molar-refractivity contribution is 6.37. The summed E-state index contributed by atoms with van der Waals surface area (Å²) in [4.78, 5) is 79.4. The molecule has 0 aromatic carbocycles. The number of likely N-dealkylation sites (tertiary alicyclic amines) is 1. The number of ketones is 1. The lowest BCUT2D eigenvalue weighted by Crippen LogP contribution is -2.62. The molecule has 45 heavy (non-hydrogen) atoms. The molecule has 3 aliphatic rings. The molecule has 6 atom stereocenters. The maximum Gasteiger partial charge on any atom is 0.407 e. The zero-order valence-electron chi connectivity index (χ0n) is 28.4. The molecule has 2 saturated carbocycles. The first kappa shape index (κ1) is 36.1. The first-order chi connectivity index (χ1) is 20.7. The van der Waals surface area contributed by atoms with Crippen LogP contribution in [0, 0.1) is 34.0 Å². The van der Waals surface area contributed by atoms with Gasteiger partial charge < -0.3 is 36.6 Å². The van der Waals surface area contributed by atoms with Crippen molar-refractivity contribution in [3.8, 4) is 0 Å². The Kier molecular flexibility index (Phi) is 10.9. The Bertz CT molecular complexity index is 1170. The summed E-state index contributed by atoms with van der Waals surface area (Å²) < 4.78 is 5.28. The fourth-order valence-electron chi connectivity index (χ4n) is 6.54. The normalized spacial score (nSPS) is 24.2. The number of primary amides is 1. The van der Waals surface area contributed by atoms with Crippen molar-refractivity contribution in [1.29, 1.82) is 0 Å². The van der Waals surface area contributed by atoms with Crippen LogP contribution >= 0.6 is 0 Å². The number of carbonyl (C=O) groups excluding carboxylic acids is 6. The molecule has 13 nitrogen and oxygen atoms in total. The van der Waals surface area contributed by atoms with Gasteiger partial charge in [0.2, 0.25) is 17.6 Å². The zero-order valence-corrected chi connectivity index (χ0v) is 28.4. The molecule has 0 bridgehead atoms. The second kappa shape index (κ2) is 13.5. The SMILES string of the molecule is CCNC(=O)OC[C@@H](NC(=O)N[C@H](C(=O)N1C[C@H]2[C@@H]([C@H]1C(=O)NC(CC1CCC1)C(=O)C(N)=O)C2(C)C)C(C)(C)C)C(C)(C)C. The van der Waals surface area contributed by atoms with Gasteiger partial charge in [-0.25, -0.2) is 9.59 Å². The minimum Gasteiger partial charge on any atom is -0.447 e. The van der Waals surface area contributed by atoms with Crippen LogP contribution in [0.3, 0.4) is 0 Å². The molecule has 3 rings (SSSR count). The van der Waals surface area contributed by atoms with E-state index in [-0.39, 0.29) is 29.8 Å². The fourth-order valence-corrected chi connectivity index (χ4v) is 6.54. The van der Waals surface area contributed by atoms with Gasteiger partial charge in [0.05, 0.1) is 12.1 Å². The van der Waals surface area contributed by atoms with Crippen molar-refractivity contribution in [2.24, 2.45) is 39.7 Å². The summed E-state index contributed by atoms with van der Waals surface area (Å²) in [5, 5.41) is 11.0. The Morgan fingerprint density at radius 1 is 0.956 bits per heavy atom. The molecule has 1 unspecified atom stereocenters. The average Bonchev–Trinajstić information content (AvgIpc) is 3.20. The number of Topliss-reactive ketones (excluding diaryl/α,β-unsaturated/α-hetero) is 1. The van der Waals surface area contributed by atoms with E-state index in [4.69, 9.17) is 10.5 Å². The molecular formula is C32H54N6O7. The van der Waals surface area contributed by atoms with Gasteiger partial charge in [0.1, 0.15) is 18.7 Å². The van der Waals surface area contributed by atoms with Gasteiger partial charge in [0.15, 0.2) is 0 Å². The largest absolute Gasteiger partial charge is 0.447 e. The molecule has 13 heteroatoms. The quantitative estimate of drug-likeness (QED) is 0.203. The van der Waals surface area contributed by atoms with E-state index in [0.717, 1.165) is 19.3 Å². The van der Waals surface area contributed by atoms with E-state index >= 15 is 0 Å². The third kappa shape index (κ3) is 8.46. The highest BCUT2D eigenvalue weighted by Gasteiger charge is 2.70. The van der Waals surface area contributed by atoms with Crippen LogP contribution in [0.2, 0.25) is 0 Å². The van der Waals surface area contributed by atoms with E-state index in [0.29, 0.717) is 19.5 Å². The number of nitrogens with zero attached hydrogens (tertiary/aromatic N) is 1. The minimum atomic E-state index is -1.10. The second-order valence-corrected chi connectivity index (χ2v) is 15.7. The molecule has 6 amide bonds. The third-order valence-corrected chi connectivity index (χ3v) is 9.87. The molecular weight excluding hydrogens is 580 g/mol. The van der Waals surface area contributed by atoms with E-state index in [9.17, 15) is 28.8 Å².